The van der Waals surface area contributed by atoms with Crippen LogP contribution in [-0.2, 0) is 35.0 Å². The second-order valence-corrected chi connectivity index (χ2v) is 8.44. The van der Waals surface area contributed by atoms with Crippen LogP contribution in [-0.4, -0.2) is 58.6 Å². The first kappa shape index (κ1) is 25.6. The zero-order chi connectivity index (χ0) is 25.5. The molecule has 0 bridgehead atoms. The summed E-state index contributed by atoms with van der Waals surface area (Å²) in [7, 11) is 0. The topological polar surface area (TPSA) is 154 Å². The molecule has 11 heteroatoms. The van der Waals surface area contributed by atoms with Crippen molar-refractivity contribution in [2.45, 2.75) is 45.4 Å². The quantitative estimate of drug-likeness (QED) is 0.446. The molecule has 186 valence electrons. The number of cyclic esters (lactones) is 2. The number of hydrogen-bond donors (Lipinski definition) is 2. The van der Waals surface area contributed by atoms with Crippen molar-refractivity contribution in [1.29, 1.82) is 0 Å². The van der Waals surface area contributed by atoms with Gasteiger partial charge in [0.25, 0.3) is 11.5 Å². The predicted octanol–water partition coefficient (Wildman–Crippen LogP) is 0.784. The van der Waals surface area contributed by atoms with Crippen LogP contribution in [0.3, 0.4) is 0 Å². The summed E-state index contributed by atoms with van der Waals surface area (Å²) in [5.41, 5.74) is -0.244. The molecule has 11 nitrogen and oxygen atoms in total. The number of esters is 3. The maximum absolute atomic E-state index is 13.1. The van der Waals surface area contributed by atoms with Gasteiger partial charge in [-0.15, -0.1) is 0 Å². The molecule has 0 radical (unpaired) electrons. The zero-order valence-corrected chi connectivity index (χ0v) is 19.6. The van der Waals surface area contributed by atoms with Gasteiger partial charge in [0, 0.05) is 6.20 Å². The number of rotatable bonds is 6. The Kier molecular flexibility index (Phi) is 8.34. The summed E-state index contributed by atoms with van der Waals surface area (Å²) >= 11 is 0. The summed E-state index contributed by atoms with van der Waals surface area (Å²) in [5, 5.41) is 2.34. The summed E-state index contributed by atoms with van der Waals surface area (Å²) in [6.07, 6.45) is 0.158. The standard InChI is InChI=1S/C24H27N3O8/c1-13(2)22(30)35-19-14(3)34-24(32)18(27-21(29)17-10-25-12-26-20(17)28)11-33-23(31)16(19)9-15-7-5-4-6-8-15/h4-8,10,12-14,16,18-19H,9,11H2,1-3H3,(H,27,29)(H,25,26,28). The molecule has 2 N–H and O–H groups in total. The van der Waals surface area contributed by atoms with Crippen LogP contribution in [0.5, 0.6) is 0 Å². The van der Waals surface area contributed by atoms with Crippen LogP contribution in [0.2, 0.25) is 0 Å². The van der Waals surface area contributed by atoms with Crippen molar-refractivity contribution in [2.75, 3.05) is 6.61 Å². The van der Waals surface area contributed by atoms with Crippen LogP contribution in [0.15, 0.2) is 47.7 Å². The van der Waals surface area contributed by atoms with E-state index in [1.165, 1.54) is 6.92 Å². The van der Waals surface area contributed by atoms with Gasteiger partial charge in [0.15, 0.2) is 12.1 Å². The first-order chi connectivity index (χ1) is 16.7. The number of amides is 1. The van der Waals surface area contributed by atoms with Crippen LogP contribution in [0.1, 0.15) is 36.7 Å². The number of nitrogens with one attached hydrogen (secondary N) is 2. The largest absolute Gasteiger partial charge is 0.463 e. The molecule has 1 aromatic carbocycles. The number of aromatic nitrogens is 2. The maximum Gasteiger partial charge on any atom is 0.332 e. The van der Waals surface area contributed by atoms with Crippen LogP contribution in [0.4, 0.5) is 0 Å². The Morgan fingerprint density at radius 1 is 1.17 bits per heavy atom. The fourth-order valence-electron chi connectivity index (χ4n) is 3.49. The van der Waals surface area contributed by atoms with Crippen molar-refractivity contribution in [3.05, 3.63) is 64.3 Å². The van der Waals surface area contributed by atoms with Gasteiger partial charge in [-0.05, 0) is 18.9 Å². The molecule has 1 aromatic heterocycles. The highest BCUT2D eigenvalue weighted by Gasteiger charge is 2.42. The fraction of sp³-hybridized carbons (Fsp3) is 0.417. The summed E-state index contributed by atoms with van der Waals surface area (Å²) in [6, 6.07) is 7.66. The third-order valence-electron chi connectivity index (χ3n) is 5.43. The average Bonchev–Trinajstić information content (AvgIpc) is 2.86. The Morgan fingerprint density at radius 2 is 1.89 bits per heavy atom. The van der Waals surface area contributed by atoms with E-state index in [1.54, 1.807) is 26.0 Å². The zero-order valence-electron chi connectivity index (χ0n) is 19.6. The monoisotopic (exact) mass is 485 g/mol. The summed E-state index contributed by atoms with van der Waals surface area (Å²) in [6.45, 7) is 4.25. The van der Waals surface area contributed by atoms with Crippen LogP contribution in [0, 0.1) is 11.8 Å². The highest BCUT2D eigenvalue weighted by Crippen LogP contribution is 2.24. The van der Waals surface area contributed by atoms with E-state index in [-0.39, 0.29) is 12.0 Å². The number of H-pyrrole nitrogens is 1. The normalized spacial score (nSPS) is 22.7. The third-order valence-corrected chi connectivity index (χ3v) is 5.43. The van der Waals surface area contributed by atoms with Crippen molar-refractivity contribution in [1.82, 2.24) is 15.3 Å². The summed E-state index contributed by atoms with van der Waals surface area (Å²) < 4.78 is 16.5. The Balaban J connectivity index is 1.87. The van der Waals surface area contributed by atoms with Crippen LogP contribution >= 0.6 is 0 Å². The predicted molar refractivity (Wildman–Crippen MR) is 121 cm³/mol. The Bertz CT molecular complexity index is 1130. The van der Waals surface area contributed by atoms with E-state index in [0.717, 1.165) is 18.1 Å². The number of aromatic amines is 1. The molecule has 0 spiro atoms. The lowest BCUT2D eigenvalue weighted by atomic mass is 9.91. The summed E-state index contributed by atoms with van der Waals surface area (Å²) in [5.74, 6) is -4.55. The molecule has 1 aliphatic heterocycles. The van der Waals surface area contributed by atoms with Gasteiger partial charge in [-0.3, -0.25) is 19.2 Å². The molecular weight excluding hydrogens is 458 g/mol. The van der Waals surface area contributed by atoms with Crippen molar-refractivity contribution < 1.29 is 33.4 Å². The van der Waals surface area contributed by atoms with Gasteiger partial charge in [0.2, 0.25) is 0 Å². The summed E-state index contributed by atoms with van der Waals surface area (Å²) in [4.78, 5) is 68.8. The minimum absolute atomic E-state index is 0.166. The lowest BCUT2D eigenvalue weighted by molar-refractivity contribution is -0.176. The van der Waals surface area contributed by atoms with E-state index in [9.17, 15) is 24.0 Å². The number of carbonyl (C=O) groups is 4. The molecule has 1 aliphatic rings. The van der Waals surface area contributed by atoms with Crippen LogP contribution in [0.25, 0.3) is 0 Å². The molecule has 1 saturated heterocycles. The SMILES string of the molecule is CC(C)C(=O)OC1C(C)OC(=O)C(NC(=O)c2cnc[nH]c2=O)COC(=O)C1Cc1ccccc1. The lowest BCUT2D eigenvalue weighted by Crippen LogP contribution is -2.47. The number of ether oxygens (including phenoxy) is 3. The van der Waals surface area contributed by atoms with Gasteiger partial charge in [-0.25, -0.2) is 9.78 Å². The first-order valence-electron chi connectivity index (χ1n) is 11.1. The number of nitrogens with zero attached hydrogens (tertiary/aromatic N) is 1. The molecule has 0 aliphatic carbocycles. The van der Waals surface area contributed by atoms with E-state index < -0.39 is 66.1 Å². The van der Waals surface area contributed by atoms with Gasteiger partial charge in [-0.1, -0.05) is 44.2 Å². The van der Waals surface area contributed by atoms with E-state index in [1.807, 2.05) is 18.2 Å². The van der Waals surface area contributed by atoms with Crippen molar-refractivity contribution in [3.8, 4) is 0 Å². The average molecular weight is 485 g/mol. The minimum atomic E-state index is -1.40. The van der Waals surface area contributed by atoms with E-state index in [0.29, 0.717) is 0 Å². The maximum atomic E-state index is 13.1. The smallest absolute Gasteiger partial charge is 0.332 e. The highest BCUT2D eigenvalue weighted by atomic mass is 16.6. The molecule has 2 heterocycles. The van der Waals surface area contributed by atoms with Crippen molar-refractivity contribution in [2.24, 2.45) is 11.8 Å². The minimum Gasteiger partial charge on any atom is -0.463 e. The molecule has 3 rings (SSSR count). The Hall–Kier alpha value is -4.02. The second-order valence-electron chi connectivity index (χ2n) is 8.44. The molecule has 35 heavy (non-hydrogen) atoms. The van der Waals surface area contributed by atoms with Gasteiger partial charge in [0.1, 0.15) is 24.2 Å². The first-order valence-corrected chi connectivity index (χ1v) is 11.1. The number of carbonyl (C=O) groups excluding carboxylic acids is 4. The van der Waals surface area contributed by atoms with Crippen LogP contribution < -0.4 is 10.9 Å². The Morgan fingerprint density at radius 3 is 2.54 bits per heavy atom. The third kappa shape index (κ3) is 6.52. The fourth-order valence-corrected chi connectivity index (χ4v) is 3.49. The van der Waals surface area contributed by atoms with E-state index >= 15 is 0 Å². The number of benzene rings is 1. The molecule has 1 fully saturated rings. The second kappa shape index (κ2) is 11.4. The van der Waals surface area contributed by atoms with Gasteiger partial charge >= 0.3 is 17.9 Å². The van der Waals surface area contributed by atoms with Crippen molar-refractivity contribution >= 4 is 23.8 Å². The van der Waals surface area contributed by atoms with Gasteiger partial charge in [-0.2, -0.15) is 0 Å². The van der Waals surface area contributed by atoms with Crippen molar-refractivity contribution in [3.63, 3.8) is 0 Å². The van der Waals surface area contributed by atoms with Gasteiger partial charge in [0.05, 0.1) is 12.2 Å². The molecule has 4 unspecified atom stereocenters. The molecular formula is C24H27N3O8. The highest BCUT2D eigenvalue weighted by molar-refractivity contribution is 5.96. The molecule has 0 saturated carbocycles. The van der Waals surface area contributed by atoms with E-state index in [4.69, 9.17) is 14.2 Å². The molecule has 4 atom stereocenters. The Labute approximate surface area is 201 Å². The lowest BCUT2D eigenvalue weighted by Gasteiger charge is -2.29. The van der Waals surface area contributed by atoms with Gasteiger partial charge < -0.3 is 24.5 Å². The molecule has 1 amide bonds. The van der Waals surface area contributed by atoms with E-state index in [2.05, 4.69) is 15.3 Å². The number of hydrogen-bond acceptors (Lipinski definition) is 9. The molecule has 2 aromatic rings.